The number of nitrogens with zero attached hydrogens (tertiary/aromatic N) is 2. The van der Waals surface area contributed by atoms with E-state index in [0.717, 1.165) is 30.8 Å². The number of halogens is 1. The number of alkyl halides is 1. The molecule has 0 aliphatic heterocycles. The fraction of sp³-hybridized carbons (Fsp3) is 0.733. The Kier molecular flexibility index (Phi) is 6.17. The van der Waals surface area contributed by atoms with Gasteiger partial charge in [0.05, 0.1) is 5.38 Å². The second-order valence-electron chi connectivity index (χ2n) is 6.76. The Labute approximate surface area is 129 Å². The average Bonchev–Trinajstić information content (AvgIpc) is 2.34. The van der Waals surface area contributed by atoms with Gasteiger partial charge in [0.25, 0.3) is 0 Å². The molecule has 0 aliphatic carbocycles. The summed E-state index contributed by atoms with van der Waals surface area (Å²) in [7, 11) is -1.63. The topological polar surface area (TPSA) is 35.0 Å². The molecule has 0 bridgehead atoms. The quantitative estimate of drug-likeness (QED) is 0.432. The van der Waals surface area contributed by atoms with E-state index in [4.69, 9.17) is 16.0 Å². The van der Waals surface area contributed by atoms with Crippen LogP contribution < -0.4 is 0 Å². The minimum Gasteiger partial charge on any atom is -0.417 e. The van der Waals surface area contributed by atoms with Gasteiger partial charge in [-0.25, -0.2) is 9.97 Å². The van der Waals surface area contributed by atoms with Gasteiger partial charge in [-0.2, -0.15) is 0 Å². The summed E-state index contributed by atoms with van der Waals surface area (Å²) < 4.78 is 6.14. The van der Waals surface area contributed by atoms with Crippen molar-refractivity contribution in [2.24, 2.45) is 0 Å². The molecule has 0 aromatic carbocycles. The lowest BCUT2D eigenvalue weighted by Gasteiger charge is -2.36. The van der Waals surface area contributed by atoms with Crippen LogP contribution in [0.1, 0.15) is 50.9 Å². The van der Waals surface area contributed by atoms with Crippen molar-refractivity contribution >= 4 is 19.9 Å². The van der Waals surface area contributed by atoms with E-state index in [2.05, 4.69) is 43.8 Å². The Morgan fingerprint density at radius 1 is 1.25 bits per heavy atom. The first-order valence-corrected chi connectivity index (χ1v) is 10.6. The maximum atomic E-state index is 6.14. The van der Waals surface area contributed by atoms with Crippen LogP contribution in [-0.4, -0.2) is 24.9 Å². The van der Waals surface area contributed by atoms with Crippen LogP contribution in [0.4, 0.5) is 0 Å². The van der Waals surface area contributed by atoms with Gasteiger partial charge >= 0.3 is 0 Å². The lowest BCUT2D eigenvalue weighted by Crippen LogP contribution is -2.41. The molecule has 1 heterocycles. The molecule has 0 spiro atoms. The highest BCUT2D eigenvalue weighted by Crippen LogP contribution is 2.36. The van der Waals surface area contributed by atoms with Gasteiger partial charge in [-0.3, -0.25) is 0 Å². The van der Waals surface area contributed by atoms with Crippen molar-refractivity contribution in [3.05, 3.63) is 23.8 Å². The summed E-state index contributed by atoms with van der Waals surface area (Å²) in [6.07, 6.45) is 5.44. The predicted molar refractivity (Wildman–Crippen MR) is 87.8 cm³/mol. The highest BCUT2D eigenvalue weighted by atomic mass is 35.5. The summed E-state index contributed by atoms with van der Waals surface area (Å²) in [6, 6.07) is 0. The van der Waals surface area contributed by atoms with Crippen molar-refractivity contribution in [2.75, 3.05) is 6.61 Å². The van der Waals surface area contributed by atoms with Crippen LogP contribution in [0, 0.1) is 0 Å². The molecule has 5 heteroatoms. The third-order valence-corrected chi connectivity index (χ3v) is 8.79. The highest BCUT2D eigenvalue weighted by Gasteiger charge is 2.36. The second-order valence-corrected chi connectivity index (χ2v) is 12.2. The minimum atomic E-state index is -1.63. The summed E-state index contributed by atoms with van der Waals surface area (Å²) >= 11 is 5.98. The molecule has 1 atom stereocenters. The summed E-state index contributed by atoms with van der Waals surface area (Å²) in [5, 5.41) is 0.229. The molecule has 0 fully saturated rings. The third kappa shape index (κ3) is 5.15. The van der Waals surface area contributed by atoms with Crippen LogP contribution in [-0.2, 0) is 10.8 Å². The van der Waals surface area contributed by atoms with Gasteiger partial charge in [-0.05, 0) is 31.5 Å². The lowest BCUT2D eigenvalue weighted by atomic mass is 10.2. The van der Waals surface area contributed by atoms with Gasteiger partial charge in [0.15, 0.2) is 8.32 Å². The van der Waals surface area contributed by atoms with Gasteiger partial charge in [0, 0.05) is 31.0 Å². The van der Waals surface area contributed by atoms with Gasteiger partial charge in [-0.1, -0.05) is 20.8 Å². The second kappa shape index (κ2) is 7.01. The van der Waals surface area contributed by atoms with E-state index >= 15 is 0 Å². The first kappa shape index (κ1) is 17.6. The van der Waals surface area contributed by atoms with E-state index < -0.39 is 8.32 Å². The molecular weight excluding hydrogens is 288 g/mol. The van der Waals surface area contributed by atoms with E-state index in [0.29, 0.717) is 0 Å². The smallest absolute Gasteiger partial charge is 0.191 e. The zero-order valence-corrected chi connectivity index (χ0v) is 15.3. The van der Waals surface area contributed by atoms with E-state index in [1.54, 1.807) is 0 Å². The largest absolute Gasteiger partial charge is 0.417 e. The van der Waals surface area contributed by atoms with Gasteiger partial charge in [0.1, 0.15) is 5.82 Å². The molecular formula is C15H27ClN2OSi. The lowest BCUT2D eigenvalue weighted by molar-refractivity contribution is 0.281. The molecule has 0 saturated heterocycles. The molecule has 1 unspecified atom stereocenters. The fourth-order valence-electron chi connectivity index (χ4n) is 1.47. The maximum Gasteiger partial charge on any atom is 0.191 e. The zero-order chi connectivity index (χ0) is 15.4. The molecule has 0 aliphatic rings. The fourth-order valence-corrected chi connectivity index (χ4v) is 2.67. The molecule has 1 rings (SSSR count). The van der Waals surface area contributed by atoms with E-state index in [9.17, 15) is 0 Å². The van der Waals surface area contributed by atoms with Crippen LogP contribution in [0.5, 0.6) is 0 Å². The third-order valence-electron chi connectivity index (χ3n) is 4.00. The standard InChI is InChI=1S/C15H27ClN2OSi/c1-12(16)13-10-17-14(18-11-13)8-7-9-19-20(5,6)15(2,3)4/h10-12H,7-9H2,1-6H3. The molecule has 0 radical (unpaired) electrons. The highest BCUT2D eigenvalue weighted by molar-refractivity contribution is 6.74. The number of aromatic nitrogens is 2. The van der Waals surface area contributed by atoms with Crippen LogP contribution >= 0.6 is 11.6 Å². The van der Waals surface area contributed by atoms with Gasteiger partial charge in [-0.15, -0.1) is 11.6 Å². The van der Waals surface area contributed by atoms with E-state index in [1.165, 1.54) is 0 Å². The first-order chi connectivity index (χ1) is 9.13. The summed E-state index contributed by atoms with van der Waals surface area (Å²) in [5.41, 5.74) is 0.966. The summed E-state index contributed by atoms with van der Waals surface area (Å²) in [5.74, 6) is 0.866. The minimum absolute atomic E-state index is 0.0361. The molecule has 1 aromatic rings. The Hall–Kier alpha value is -0.453. The zero-order valence-electron chi connectivity index (χ0n) is 13.5. The molecule has 3 nitrogen and oxygen atoms in total. The number of rotatable bonds is 6. The molecule has 1 aromatic heterocycles. The average molecular weight is 315 g/mol. The van der Waals surface area contributed by atoms with Crippen molar-refractivity contribution in [3.63, 3.8) is 0 Å². The van der Waals surface area contributed by atoms with Crippen LogP contribution in [0.25, 0.3) is 0 Å². The normalized spacial score (nSPS) is 14.3. The molecule has 20 heavy (non-hydrogen) atoms. The van der Waals surface area contributed by atoms with Crippen molar-refractivity contribution < 1.29 is 4.43 Å². The molecule has 0 N–H and O–H groups in total. The van der Waals surface area contributed by atoms with Crippen molar-refractivity contribution in [1.82, 2.24) is 9.97 Å². The number of hydrogen-bond acceptors (Lipinski definition) is 3. The monoisotopic (exact) mass is 314 g/mol. The Morgan fingerprint density at radius 3 is 2.25 bits per heavy atom. The predicted octanol–water partition coefficient (Wildman–Crippen LogP) is 4.73. The number of hydrogen-bond donors (Lipinski definition) is 0. The van der Waals surface area contributed by atoms with E-state index in [-0.39, 0.29) is 10.4 Å². The Morgan fingerprint density at radius 2 is 1.80 bits per heavy atom. The SMILES string of the molecule is CC(Cl)c1cnc(CCCO[Si](C)(C)C(C)(C)C)nc1. The van der Waals surface area contributed by atoms with Crippen molar-refractivity contribution in [2.45, 2.75) is 64.0 Å². The van der Waals surface area contributed by atoms with Crippen LogP contribution in [0.3, 0.4) is 0 Å². The maximum absolute atomic E-state index is 6.14. The summed E-state index contributed by atoms with van der Waals surface area (Å²) in [4.78, 5) is 8.69. The molecule has 0 saturated carbocycles. The van der Waals surface area contributed by atoms with Crippen LogP contribution in [0.2, 0.25) is 18.1 Å². The Balaban J connectivity index is 2.38. The summed E-state index contributed by atoms with van der Waals surface area (Å²) in [6.45, 7) is 14.0. The van der Waals surface area contributed by atoms with Gasteiger partial charge < -0.3 is 4.43 Å². The Bertz CT molecular complexity index is 413. The van der Waals surface area contributed by atoms with E-state index in [1.807, 2.05) is 19.3 Å². The van der Waals surface area contributed by atoms with Crippen molar-refractivity contribution in [3.8, 4) is 0 Å². The number of aryl methyl sites for hydroxylation is 1. The first-order valence-electron chi connectivity index (χ1n) is 7.22. The van der Waals surface area contributed by atoms with Crippen LogP contribution in [0.15, 0.2) is 12.4 Å². The van der Waals surface area contributed by atoms with Crippen molar-refractivity contribution in [1.29, 1.82) is 0 Å². The molecule has 114 valence electrons. The molecule has 0 amide bonds. The van der Waals surface area contributed by atoms with Gasteiger partial charge in [0.2, 0.25) is 0 Å².